The summed E-state index contributed by atoms with van der Waals surface area (Å²) >= 11 is 1.56. The predicted octanol–water partition coefficient (Wildman–Crippen LogP) is 1.62. The van der Waals surface area contributed by atoms with Gasteiger partial charge in [0.15, 0.2) is 9.84 Å². The van der Waals surface area contributed by atoms with Crippen LogP contribution in [0.1, 0.15) is 5.56 Å². The zero-order valence-electron chi connectivity index (χ0n) is 10.3. The zero-order chi connectivity index (χ0) is 14.0. The van der Waals surface area contributed by atoms with Crippen LogP contribution >= 0.6 is 11.8 Å². The monoisotopic (exact) mass is 300 g/mol. The fraction of sp³-hybridized carbons (Fsp3) is 0.417. The molecule has 7 heteroatoms. The van der Waals surface area contributed by atoms with Gasteiger partial charge in [-0.25, -0.2) is 12.8 Å². The van der Waals surface area contributed by atoms with Crippen molar-refractivity contribution < 1.29 is 12.8 Å². The Morgan fingerprint density at radius 3 is 2.84 bits per heavy atom. The van der Waals surface area contributed by atoms with Gasteiger partial charge in [-0.3, -0.25) is 0 Å². The normalized spacial score (nSPS) is 20.1. The van der Waals surface area contributed by atoms with Gasteiger partial charge in [-0.2, -0.15) is 17.0 Å². The lowest BCUT2D eigenvalue weighted by atomic mass is 10.2. The molecule has 1 heterocycles. The third-order valence-electron chi connectivity index (χ3n) is 2.92. The molecule has 1 saturated heterocycles. The molecule has 0 amide bonds. The van der Waals surface area contributed by atoms with Gasteiger partial charge in [-0.1, -0.05) is 0 Å². The van der Waals surface area contributed by atoms with Crippen LogP contribution < -0.4 is 4.90 Å². The Hall–Kier alpha value is -1.26. The first kappa shape index (κ1) is 14.2. The van der Waals surface area contributed by atoms with E-state index in [1.165, 1.54) is 18.4 Å². The zero-order valence-corrected chi connectivity index (χ0v) is 12.0. The fourth-order valence-corrected chi connectivity index (χ4v) is 4.88. The van der Waals surface area contributed by atoms with E-state index < -0.39 is 21.0 Å². The first-order valence-electron chi connectivity index (χ1n) is 5.66. The summed E-state index contributed by atoms with van der Waals surface area (Å²) in [5.41, 5.74) is 0.646. The molecule has 1 unspecified atom stereocenters. The van der Waals surface area contributed by atoms with Crippen LogP contribution in [0.4, 0.5) is 10.1 Å². The summed E-state index contributed by atoms with van der Waals surface area (Å²) in [5, 5.41) is 8.19. The number of nitriles is 1. The Morgan fingerprint density at radius 1 is 1.47 bits per heavy atom. The summed E-state index contributed by atoms with van der Waals surface area (Å²) in [6.07, 6.45) is 1.18. The van der Waals surface area contributed by atoms with E-state index >= 15 is 0 Å². The van der Waals surface area contributed by atoms with E-state index in [0.29, 0.717) is 18.0 Å². The topological polar surface area (TPSA) is 61.2 Å². The first-order valence-corrected chi connectivity index (χ1v) is 8.76. The van der Waals surface area contributed by atoms with Crippen LogP contribution in [0.25, 0.3) is 0 Å². The highest BCUT2D eigenvalue weighted by Gasteiger charge is 2.31. The maximum absolute atomic E-state index is 13.5. The molecule has 1 atom stereocenters. The number of rotatable bonds is 2. The van der Waals surface area contributed by atoms with Gasteiger partial charge in [0.25, 0.3) is 0 Å². The van der Waals surface area contributed by atoms with E-state index in [1.807, 2.05) is 6.07 Å². The molecule has 1 fully saturated rings. The van der Waals surface area contributed by atoms with Crippen LogP contribution in [-0.4, -0.2) is 38.1 Å². The quantitative estimate of drug-likeness (QED) is 0.830. The lowest BCUT2D eigenvalue weighted by molar-refractivity contribution is 0.583. The molecule has 19 heavy (non-hydrogen) atoms. The standard InChI is InChI=1S/C12H13FN2O2S2/c1-19(16,17)12-8-18-3-2-15(12)11-5-9(7-14)4-10(13)6-11/h4-6,12H,2-3,8H2,1H3. The van der Waals surface area contributed by atoms with Gasteiger partial charge in [0.1, 0.15) is 11.2 Å². The predicted molar refractivity (Wildman–Crippen MR) is 74.4 cm³/mol. The van der Waals surface area contributed by atoms with Gasteiger partial charge in [-0.05, 0) is 18.2 Å². The highest BCUT2D eigenvalue weighted by atomic mass is 32.2. The first-order chi connectivity index (χ1) is 8.91. The molecule has 0 aromatic heterocycles. The smallest absolute Gasteiger partial charge is 0.169 e. The number of halogens is 1. The van der Waals surface area contributed by atoms with Crippen molar-refractivity contribution in [3.8, 4) is 6.07 Å². The second-order valence-electron chi connectivity index (χ2n) is 4.36. The van der Waals surface area contributed by atoms with E-state index in [9.17, 15) is 12.8 Å². The molecule has 0 N–H and O–H groups in total. The van der Waals surface area contributed by atoms with Crippen molar-refractivity contribution in [1.29, 1.82) is 5.26 Å². The SMILES string of the molecule is CS(=O)(=O)C1CSCCN1c1cc(F)cc(C#N)c1. The van der Waals surface area contributed by atoms with Gasteiger partial charge in [0.05, 0.1) is 11.6 Å². The van der Waals surface area contributed by atoms with Crippen LogP contribution in [-0.2, 0) is 9.84 Å². The highest BCUT2D eigenvalue weighted by molar-refractivity contribution is 8.01. The Kier molecular flexibility index (Phi) is 4.02. The van der Waals surface area contributed by atoms with Gasteiger partial charge in [-0.15, -0.1) is 0 Å². The Labute approximate surface area is 116 Å². The molecular weight excluding hydrogens is 287 g/mol. The Morgan fingerprint density at radius 2 is 2.21 bits per heavy atom. The van der Waals surface area contributed by atoms with E-state index in [2.05, 4.69) is 0 Å². The van der Waals surface area contributed by atoms with Crippen molar-refractivity contribution in [2.24, 2.45) is 0 Å². The molecule has 2 rings (SSSR count). The second kappa shape index (κ2) is 5.39. The van der Waals surface area contributed by atoms with E-state index in [4.69, 9.17) is 5.26 Å². The average Bonchev–Trinajstić information content (AvgIpc) is 2.37. The van der Waals surface area contributed by atoms with Crippen molar-refractivity contribution in [3.05, 3.63) is 29.6 Å². The molecule has 1 aromatic rings. The minimum Gasteiger partial charge on any atom is -0.353 e. The van der Waals surface area contributed by atoms with Gasteiger partial charge in [0.2, 0.25) is 0 Å². The number of sulfone groups is 1. The van der Waals surface area contributed by atoms with Crippen molar-refractivity contribution in [2.75, 3.05) is 29.2 Å². The summed E-state index contributed by atoms with van der Waals surface area (Å²) in [7, 11) is -3.26. The van der Waals surface area contributed by atoms with Gasteiger partial charge < -0.3 is 4.90 Å². The number of hydrogen-bond donors (Lipinski definition) is 0. The lowest BCUT2D eigenvalue weighted by Crippen LogP contribution is -2.47. The summed E-state index contributed by atoms with van der Waals surface area (Å²) in [6.45, 7) is 0.525. The Bertz CT molecular complexity index is 625. The molecule has 0 saturated carbocycles. The third kappa shape index (κ3) is 3.19. The molecule has 0 radical (unpaired) electrons. The summed E-state index contributed by atoms with van der Waals surface area (Å²) < 4.78 is 37.1. The molecule has 1 aliphatic rings. The maximum atomic E-state index is 13.5. The average molecular weight is 300 g/mol. The number of benzene rings is 1. The van der Waals surface area contributed by atoms with Crippen LogP contribution in [0.2, 0.25) is 0 Å². The minimum atomic E-state index is -3.26. The van der Waals surface area contributed by atoms with Crippen molar-refractivity contribution in [3.63, 3.8) is 0 Å². The minimum absolute atomic E-state index is 0.195. The van der Waals surface area contributed by atoms with Gasteiger partial charge in [0, 0.05) is 30.0 Å². The van der Waals surface area contributed by atoms with Crippen molar-refractivity contribution >= 4 is 27.3 Å². The molecule has 1 aromatic carbocycles. The number of nitrogens with zero attached hydrogens (tertiary/aromatic N) is 2. The largest absolute Gasteiger partial charge is 0.353 e. The molecule has 0 bridgehead atoms. The third-order valence-corrected chi connectivity index (χ3v) is 5.57. The summed E-state index contributed by atoms with van der Waals surface area (Å²) in [5.74, 6) is 0.710. The molecule has 1 aliphatic heterocycles. The number of thioether (sulfide) groups is 1. The summed E-state index contributed by atoms with van der Waals surface area (Å²) in [6, 6.07) is 5.81. The van der Waals surface area contributed by atoms with Gasteiger partial charge >= 0.3 is 0 Å². The molecule has 102 valence electrons. The van der Waals surface area contributed by atoms with Crippen LogP contribution in [0.3, 0.4) is 0 Å². The number of hydrogen-bond acceptors (Lipinski definition) is 5. The van der Waals surface area contributed by atoms with Crippen LogP contribution in [0.5, 0.6) is 0 Å². The van der Waals surface area contributed by atoms with E-state index in [-0.39, 0.29) is 5.56 Å². The van der Waals surface area contributed by atoms with E-state index in [0.717, 1.165) is 11.8 Å². The lowest BCUT2D eigenvalue weighted by Gasteiger charge is -2.35. The fourth-order valence-electron chi connectivity index (χ4n) is 2.04. The molecule has 4 nitrogen and oxygen atoms in total. The van der Waals surface area contributed by atoms with Crippen LogP contribution in [0.15, 0.2) is 18.2 Å². The molecule has 0 spiro atoms. The molecular formula is C12H13FN2O2S2. The van der Waals surface area contributed by atoms with Crippen LogP contribution in [0, 0.1) is 17.1 Å². The Balaban J connectivity index is 2.44. The van der Waals surface area contributed by atoms with E-state index in [1.54, 1.807) is 16.7 Å². The maximum Gasteiger partial charge on any atom is 0.169 e. The second-order valence-corrected chi connectivity index (χ2v) is 7.72. The van der Waals surface area contributed by atoms with Crippen molar-refractivity contribution in [2.45, 2.75) is 5.37 Å². The number of anilines is 1. The molecule has 0 aliphatic carbocycles. The summed E-state index contributed by atoms with van der Waals surface area (Å²) in [4.78, 5) is 1.66. The highest BCUT2D eigenvalue weighted by Crippen LogP contribution is 2.28. The van der Waals surface area contributed by atoms with Crippen molar-refractivity contribution in [1.82, 2.24) is 0 Å².